The molecule has 3 heterocycles. The third-order valence-electron chi connectivity index (χ3n) is 6.19. The van der Waals surface area contributed by atoms with Crippen molar-refractivity contribution < 1.29 is 9.59 Å². The minimum Gasteiger partial charge on any atom is -0.339 e. The molecular formula is C21H33N3O2S. The van der Waals surface area contributed by atoms with Crippen LogP contribution in [-0.4, -0.2) is 78.7 Å². The van der Waals surface area contributed by atoms with Crippen molar-refractivity contribution in [3.63, 3.8) is 0 Å². The molecule has 2 saturated heterocycles. The zero-order valence-electron chi connectivity index (χ0n) is 16.9. The number of carbonyl (C=O) groups excluding carboxylic acids is 2. The molecule has 0 atom stereocenters. The van der Waals surface area contributed by atoms with Crippen LogP contribution in [0.2, 0.25) is 0 Å². The van der Waals surface area contributed by atoms with Crippen LogP contribution < -0.4 is 0 Å². The summed E-state index contributed by atoms with van der Waals surface area (Å²) in [5.74, 6) is 0.685. The van der Waals surface area contributed by atoms with Gasteiger partial charge < -0.3 is 14.7 Å². The number of amides is 1. The second-order valence-corrected chi connectivity index (χ2v) is 9.02. The Balaban J connectivity index is 1.50. The maximum atomic E-state index is 12.8. The van der Waals surface area contributed by atoms with Crippen LogP contribution in [0.25, 0.3) is 0 Å². The molecular weight excluding hydrogens is 358 g/mol. The standard InChI is InChI=1S/C21H33N3O2S/c1-4-23(21(26)18-13-20(16(2)25)27-15-18)14-17-5-11-24(12-6-17)19-7-9-22(3)10-8-19/h13,15,17,19H,4-12,14H2,1-3H3. The van der Waals surface area contributed by atoms with Gasteiger partial charge in [-0.25, -0.2) is 0 Å². The first-order chi connectivity index (χ1) is 13.0. The lowest BCUT2D eigenvalue weighted by atomic mass is 9.93. The first-order valence-electron chi connectivity index (χ1n) is 10.3. The molecule has 2 fully saturated rings. The quantitative estimate of drug-likeness (QED) is 0.699. The Morgan fingerprint density at radius 2 is 1.81 bits per heavy atom. The molecule has 5 nitrogen and oxygen atoms in total. The largest absolute Gasteiger partial charge is 0.339 e. The van der Waals surface area contributed by atoms with Gasteiger partial charge in [-0.3, -0.25) is 9.59 Å². The van der Waals surface area contributed by atoms with Gasteiger partial charge in [0.15, 0.2) is 5.78 Å². The van der Waals surface area contributed by atoms with Gasteiger partial charge in [-0.1, -0.05) is 0 Å². The van der Waals surface area contributed by atoms with Crippen LogP contribution >= 0.6 is 11.3 Å². The van der Waals surface area contributed by atoms with E-state index in [-0.39, 0.29) is 11.7 Å². The minimum atomic E-state index is 0.0309. The molecule has 6 heteroatoms. The van der Waals surface area contributed by atoms with Crippen molar-refractivity contribution in [2.24, 2.45) is 5.92 Å². The molecule has 0 aliphatic carbocycles. The zero-order valence-corrected chi connectivity index (χ0v) is 17.8. The van der Waals surface area contributed by atoms with Crippen LogP contribution in [0.3, 0.4) is 0 Å². The second kappa shape index (κ2) is 9.30. The molecule has 2 aliphatic heterocycles. The van der Waals surface area contributed by atoms with Crippen LogP contribution in [0.15, 0.2) is 11.4 Å². The topological polar surface area (TPSA) is 43.9 Å². The number of ketones is 1. The first kappa shape index (κ1) is 20.5. The summed E-state index contributed by atoms with van der Waals surface area (Å²) in [6, 6.07) is 2.50. The summed E-state index contributed by atoms with van der Waals surface area (Å²) in [5.41, 5.74) is 0.663. The fourth-order valence-corrected chi connectivity index (χ4v) is 5.13. The molecule has 0 saturated carbocycles. The molecule has 2 aliphatic rings. The molecule has 0 unspecified atom stereocenters. The van der Waals surface area contributed by atoms with Gasteiger partial charge in [0.2, 0.25) is 0 Å². The molecule has 3 rings (SSSR count). The predicted molar refractivity (Wildman–Crippen MR) is 111 cm³/mol. The minimum absolute atomic E-state index is 0.0309. The van der Waals surface area contributed by atoms with Crippen molar-refractivity contribution in [1.82, 2.24) is 14.7 Å². The number of rotatable bonds is 6. The molecule has 0 aromatic carbocycles. The van der Waals surface area contributed by atoms with Gasteiger partial charge in [0, 0.05) is 24.5 Å². The van der Waals surface area contributed by atoms with Crippen LogP contribution in [-0.2, 0) is 0 Å². The number of Topliss-reactive ketones (excluding diaryl/α,β-unsaturated/α-hetero) is 1. The van der Waals surface area contributed by atoms with E-state index in [1.54, 1.807) is 13.0 Å². The lowest BCUT2D eigenvalue weighted by Gasteiger charge is -2.41. The lowest BCUT2D eigenvalue weighted by Crippen LogP contribution is -2.48. The van der Waals surface area contributed by atoms with Gasteiger partial charge in [0.05, 0.1) is 10.4 Å². The van der Waals surface area contributed by atoms with Crippen molar-refractivity contribution in [2.45, 2.75) is 45.6 Å². The predicted octanol–water partition coefficient (Wildman–Crippen LogP) is 3.22. The van der Waals surface area contributed by atoms with E-state index in [2.05, 4.69) is 16.8 Å². The Kier molecular flexibility index (Phi) is 7.06. The van der Waals surface area contributed by atoms with Crippen molar-refractivity contribution in [3.05, 3.63) is 21.9 Å². The van der Waals surface area contributed by atoms with Gasteiger partial charge in [0.1, 0.15) is 0 Å². The number of likely N-dealkylation sites (tertiary alicyclic amines) is 2. The summed E-state index contributed by atoms with van der Waals surface area (Å²) in [5, 5.41) is 1.82. The summed E-state index contributed by atoms with van der Waals surface area (Å²) in [6.07, 6.45) is 4.94. The van der Waals surface area contributed by atoms with E-state index in [1.807, 2.05) is 17.2 Å². The van der Waals surface area contributed by atoms with Gasteiger partial charge in [0.25, 0.3) is 5.91 Å². The molecule has 0 N–H and O–H groups in total. The van der Waals surface area contributed by atoms with Gasteiger partial charge in [-0.05, 0) is 84.7 Å². The summed E-state index contributed by atoms with van der Waals surface area (Å²) in [4.78, 5) is 32.1. The van der Waals surface area contributed by atoms with E-state index in [0.29, 0.717) is 16.4 Å². The van der Waals surface area contributed by atoms with E-state index in [9.17, 15) is 9.59 Å². The zero-order chi connectivity index (χ0) is 19.4. The van der Waals surface area contributed by atoms with Crippen molar-refractivity contribution in [3.8, 4) is 0 Å². The second-order valence-electron chi connectivity index (χ2n) is 8.11. The van der Waals surface area contributed by atoms with E-state index < -0.39 is 0 Å². The fourth-order valence-electron chi connectivity index (χ4n) is 4.34. The third kappa shape index (κ3) is 5.18. The molecule has 0 radical (unpaired) electrons. The molecule has 1 aromatic heterocycles. The molecule has 150 valence electrons. The third-order valence-corrected chi connectivity index (χ3v) is 7.23. The SMILES string of the molecule is CCN(CC1CCN(C2CCN(C)CC2)CC1)C(=O)c1csc(C(C)=O)c1. The van der Waals surface area contributed by atoms with Gasteiger partial charge >= 0.3 is 0 Å². The monoisotopic (exact) mass is 391 g/mol. The van der Waals surface area contributed by atoms with E-state index >= 15 is 0 Å². The molecule has 1 aromatic rings. The number of hydrogen-bond donors (Lipinski definition) is 0. The van der Waals surface area contributed by atoms with Gasteiger partial charge in [-0.15, -0.1) is 11.3 Å². The van der Waals surface area contributed by atoms with Crippen molar-refractivity contribution in [1.29, 1.82) is 0 Å². The van der Waals surface area contributed by atoms with E-state index in [0.717, 1.165) is 32.2 Å². The number of nitrogens with zero attached hydrogens (tertiary/aromatic N) is 3. The summed E-state index contributed by atoms with van der Waals surface area (Å²) in [6.45, 7) is 9.91. The molecule has 27 heavy (non-hydrogen) atoms. The van der Waals surface area contributed by atoms with Crippen molar-refractivity contribution >= 4 is 23.0 Å². The Morgan fingerprint density at radius 3 is 2.37 bits per heavy atom. The molecule has 0 spiro atoms. The van der Waals surface area contributed by atoms with Crippen LogP contribution in [0, 0.1) is 5.92 Å². The van der Waals surface area contributed by atoms with Crippen LogP contribution in [0.4, 0.5) is 0 Å². The molecule has 0 bridgehead atoms. The Hall–Kier alpha value is -1.24. The maximum Gasteiger partial charge on any atom is 0.254 e. The lowest BCUT2D eigenvalue weighted by molar-refractivity contribution is 0.0611. The summed E-state index contributed by atoms with van der Waals surface area (Å²) in [7, 11) is 2.21. The van der Waals surface area contributed by atoms with E-state index in [4.69, 9.17) is 0 Å². The number of thiophene rings is 1. The average Bonchev–Trinajstić information content (AvgIpc) is 3.17. The van der Waals surface area contributed by atoms with E-state index in [1.165, 1.54) is 50.1 Å². The van der Waals surface area contributed by atoms with Gasteiger partial charge in [-0.2, -0.15) is 0 Å². The fraction of sp³-hybridized carbons (Fsp3) is 0.714. The van der Waals surface area contributed by atoms with Crippen molar-refractivity contribution in [2.75, 3.05) is 46.3 Å². The molecule has 1 amide bonds. The Labute approximate surface area is 167 Å². The number of carbonyl (C=O) groups is 2. The first-order valence-corrected chi connectivity index (χ1v) is 11.2. The maximum absolute atomic E-state index is 12.8. The number of piperidine rings is 2. The Bertz CT molecular complexity index is 644. The smallest absolute Gasteiger partial charge is 0.254 e. The highest BCUT2D eigenvalue weighted by Crippen LogP contribution is 2.25. The summed E-state index contributed by atoms with van der Waals surface area (Å²) < 4.78 is 0. The van der Waals surface area contributed by atoms with Crippen LogP contribution in [0.5, 0.6) is 0 Å². The highest BCUT2D eigenvalue weighted by Gasteiger charge is 2.29. The normalized spacial score (nSPS) is 20.7. The summed E-state index contributed by atoms with van der Waals surface area (Å²) >= 11 is 1.37. The van der Waals surface area contributed by atoms with Crippen LogP contribution in [0.1, 0.15) is 59.6 Å². The Morgan fingerprint density at radius 1 is 1.15 bits per heavy atom. The number of hydrogen-bond acceptors (Lipinski definition) is 5. The highest BCUT2D eigenvalue weighted by molar-refractivity contribution is 7.12. The average molecular weight is 392 g/mol. The highest BCUT2D eigenvalue weighted by atomic mass is 32.1.